The van der Waals surface area contributed by atoms with Crippen LogP contribution in [0, 0.1) is 6.92 Å². The average Bonchev–Trinajstić information content (AvgIpc) is 3.02. The van der Waals surface area contributed by atoms with E-state index in [4.69, 9.17) is 0 Å². The number of aryl methyl sites for hydroxylation is 2. The number of rotatable bonds is 5. The Labute approximate surface area is 143 Å². The Morgan fingerprint density at radius 1 is 1.29 bits per heavy atom. The Balaban J connectivity index is 1.99. The van der Waals surface area contributed by atoms with Crippen LogP contribution in [0.2, 0.25) is 0 Å². The number of ketones is 1. The normalized spacial score (nSPS) is 11.8. The first-order chi connectivity index (χ1) is 11.3. The maximum absolute atomic E-state index is 12.7. The molecule has 0 unspecified atom stereocenters. The van der Waals surface area contributed by atoms with Crippen LogP contribution in [0.4, 0.5) is 5.69 Å². The number of nitrogens with one attached hydrogen (secondary N) is 1. The fourth-order valence-electron chi connectivity index (χ4n) is 2.30. The van der Waals surface area contributed by atoms with Gasteiger partial charge in [-0.15, -0.1) is 0 Å². The minimum Gasteiger partial charge on any atom is -0.295 e. The highest BCUT2D eigenvalue weighted by Gasteiger charge is 2.25. The van der Waals surface area contributed by atoms with Gasteiger partial charge in [-0.25, -0.2) is 4.98 Å². The Bertz CT molecular complexity index is 1020. The number of sulfonamides is 1. The molecule has 0 aliphatic heterocycles. The van der Waals surface area contributed by atoms with Gasteiger partial charge >= 0.3 is 0 Å². The Hall–Kier alpha value is -2.26. The van der Waals surface area contributed by atoms with Gasteiger partial charge in [-0.2, -0.15) is 18.0 Å². The molecule has 9 heteroatoms. The molecule has 2 aromatic heterocycles. The van der Waals surface area contributed by atoms with E-state index in [0.29, 0.717) is 28.3 Å². The molecule has 0 aliphatic rings. The quantitative estimate of drug-likeness (QED) is 0.703. The second-order valence-electron chi connectivity index (χ2n) is 5.29. The smallest absolute Gasteiger partial charge is 0.281 e. The summed E-state index contributed by atoms with van der Waals surface area (Å²) in [5, 5.41) is 5.16. The molecular weight excluding hydrogens is 348 g/mol. The molecule has 0 radical (unpaired) electrons. The Morgan fingerprint density at radius 2 is 1.96 bits per heavy atom. The number of carbonyl (C=O) groups is 1. The lowest BCUT2D eigenvalue weighted by molar-refractivity contribution is 0.101. The molecule has 24 heavy (non-hydrogen) atoms. The molecule has 0 fully saturated rings. The summed E-state index contributed by atoms with van der Waals surface area (Å²) >= 11 is 1.37. The number of hydrogen-bond donors (Lipinski definition) is 1. The molecule has 0 atom stereocenters. The van der Waals surface area contributed by atoms with Crippen LogP contribution in [-0.4, -0.2) is 28.8 Å². The molecule has 0 amide bonds. The number of anilines is 1. The van der Waals surface area contributed by atoms with Crippen molar-refractivity contribution in [2.24, 2.45) is 0 Å². The van der Waals surface area contributed by atoms with Gasteiger partial charge in [-0.3, -0.25) is 9.52 Å². The van der Waals surface area contributed by atoms with Gasteiger partial charge < -0.3 is 0 Å². The third kappa shape index (κ3) is 2.92. The highest BCUT2D eigenvalue weighted by molar-refractivity contribution is 7.92. The van der Waals surface area contributed by atoms with E-state index in [1.54, 1.807) is 31.2 Å². The summed E-state index contributed by atoms with van der Waals surface area (Å²) in [6.45, 7) is 5.05. The maximum Gasteiger partial charge on any atom is 0.281 e. The zero-order valence-electron chi connectivity index (χ0n) is 13.4. The third-order valence-corrected chi connectivity index (χ3v) is 6.00. The minimum absolute atomic E-state index is 0.0316. The SMILES string of the molecule is CCc1nn2c(S(=O)(=O)Nc3ccc(C(C)=O)cc3)c(C)nc2s1. The number of nitrogens with zero attached hydrogens (tertiary/aromatic N) is 3. The Kier molecular flexibility index (Phi) is 4.14. The molecule has 1 N–H and O–H groups in total. The van der Waals surface area contributed by atoms with Gasteiger partial charge in [0.15, 0.2) is 5.78 Å². The molecule has 0 aliphatic carbocycles. The molecule has 2 heterocycles. The summed E-state index contributed by atoms with van der Waals surface area (Å²) < 4.78 is 29.4. The Morgan fingerprint density at radius 3 is 2.54 bits per heavy atom. The fraction of sp³-hybridized carbons (Fsp3) is 0.267. The van der Waals surface area contributed by atoms with Crippen LogP contribution >= 0.6 is 11.3 Å². The van der Waals surface area contributed by atoms with Crippen molar-refractivity contribution in [1.29, 1.82) is 0 Å². The topological polar surface area (TPSA) is 93.4 Å². The number of benzene rings is 1. The monoisotopic (exact) mass is 364 g/mol. The van der Waals surface area contributed by atoms with Crippen LogP contribution in [0.1, 0.15) is 34.9 Å². The van der Waals surface area contributed by atoms with Crippen molar-refractivity contribution in [1.82, 2.24) is 14.6 Å². The molecule has 3 rings (SSSR count). The molecule has 7 nitrogen and oxygen atoms in total. The van der Waals surface area contributed by atoms with E-state index < -0.39 is 10.0 Å². The number of carbonyl (C=O) groups excluding carboxylic acids is 1. The van der Waals surface area contributed by atoms with E-state index in [-0.39, 0.29) is 10.8 Å². The molecule has 0 saturated carbocycles. The lowest BCUT2D eigenvalue weighted by Crippen LogP contribution is -2.16. The predicted octanol–water partition coefficient (Wildman–Crippen LogP) is 2.67. The van der Waals surface area contributed by atoms with Gasteiger partial charge in [-0.1, -0.05) is 18.3 Å². The van der Waals surface area contributed by atoms with Crippen molar-refractivity contribution in [2.45, 2.75) is 32.2 Å². The van der Waals surface area contributed by atoms with E-state index in [0.717, 1.165) is 5.01 Å². The van der Waals surface area contributed by atoms with Crippen molar-refractivity contribution in [3.63, 3.8) is 0 Å². The summed E-state index contributed by atoms with van der Waals surface area (Å²) in [5.41, 5.74) is 1.29. The molecular formula is C15H16N4O3S2. The molecule has 1 aromatic carbocycles. The van der Waals surface area contributed by atoms with Crippen LogP contribution in [0.15, 0.2) is 29.3 Å². The average molecular weight is 364 g/mol. The van der Waals surface area contributed by atoms with E-state index in [2.05, 4.69) is 14.8 Å². The van der Waals surface area contributed by atoms with E-state index in [1.165, 1.54) is 22.8 Å². The highest BCUT2D eigenvalue weighted by Crippen LogP contribution is 2.24. The molecule has 0 saturated heterocycles. The molecule has 0 bridgehead atoms. The molecule has 3 aromatic rings. The number of fused-ring (bicyclic) bond motifs is 1. The predicted molar refractivity (Wildman–Crippen MR) is 92.2 cm³/mol. The van der Waals surface area contributed by atoms with Crippen LogP contribution in [0.5, 0.6) is 0 Å². The number of Topliss-reactive ketones (excluding diaryl/α,β-unsaturated/α-hetero) is 1. The summed E-state index contributed by atoms with van der Waals surface area (Å²) in [4.78, 5) is 16.1. The summed E-state index contributed by atoms with van der Waals surface area (Å²) in [5.74, 6) is -0.0766. The second kappa shape index (κ2) is 5.99. The first-order valence-corrected chi connectivity index (χ1v) is 9.60. The number of aromatic nitrogens is 3. The van der Waals surface area contributed by atoms with Crippen LogP contribution in [-0.2, 0) is 16.4 Å². The van der Waals surface area contributed by atoms with Crippen molar-refractivity contribution < 1.29 is 13.2 Å². The second-order valence-corrected chi connectivity index (χ2v) is 7.92. The van der Waals surface area contributed by atoms with E-state index in [9.17, 15) is 13.2 Å². The van der Waals surface area contributed by atoms with Crippen molar-refractivity contribution in [3.8, 4) is 0 Å². The zero-order chi connectivity index (χ0) is 17.5. The summed E-state index contributed by atoms with van der Waals surface area (Å²) in [6, 6.07) is 6.27. The first kappa shape index (κ1) is 16.6. The van der Waals surface area contributed by atoms with Gasteiger partial charge in [0.25, 0.3) is 10.0 Å². The zero-order valence-corrected chi connectivity index (χ0v) is 15.0. The minimum atomic E-state index is -3.85. The maximum atomic E-state index is 12.7. The van der Waals surface area contributed by atoms with Gasteiger partial charge in [0.2, 0.25) is 9.99 Å². The van der Waals surface area contributed by atoms with Gasteiger partial charge in [0.1, 0.15) is 5.01 Å². The molecule has 0 spiro atoms. The van der Waals surface area contributed by atoms with Gasteiger partial charge in [-0.05, 0) is 44.5 Å². The van der Waals surface area contributed by atoms with Crippen LogP contribution in [0.3, 0.4) is 0 Å². The largest absolute Gasteiger partial charge is 0.295 e. The standard InChI is InChI=1S/C15H16N4O3S2/c1-4-13-17-19-14(9(2)16-15(19)23-13)24(21,22)18-12-7-5-11(6-8-12)10(3)20/h5-8,18H,4H2,1-3H3. The number of imidazole rings is 1. The fourth-order valence-corrected chi connectivity index (χ4v) is 4.57. The number of hydrogen-bond acceptors (Lipinski definition) is 6. The van der Waals surface area contributed by atoms with Gasteiger partial charge in [0, 0.05) is 11.3 Å². The lowest BCUT2D eigenvalue weighted by Gasteiger charge is -2.08. The van der Waals surface area contributed by atoms with E-state index in [1.807, 2.05) is 6.92 Å². The van der Waals surface area contributed by atoms with Crippen molar-refractivity contribution in [3.05, 3.63) is 40.5 Å². The lowest BCUT2D eigenvalue weighted by atomic mass is 10.1. The van der Waals surface area contributed by atoms with Crippen molar-refractivity contribution in [2.75, 3.05) is 4.72 Å². The van der Waals surface area contributed by atoms with E-state index >= 15 is 0 Å². The van der Waals surface area contributed by atoms with Crippen LogP contribution in [0.25, 0.3) is 4.96 Å². The highest BCUT2D eigenvalue weighted by atomic mass is 32.2. The van der Waals surface area contributed by atoms with Crippen LogP contribution < -0.4 is 4.72 Å². The molecule has 126 valence electrons. The first-order valence-electron chi connectivity index (χ1n) is 7.30. The summed E-state index contributed by atoms with van der Waals surface area (Å²) in [6.07, 6.45) is 0.715. The third-order valence-electron chi connectivity index (χ3n) is 3.47. The van der Waals surface area contributed by atoms with Gasteiger partial charge in [0.05, 0.1) is 5.69 Å². The van der Waals surface area contributed by atoms with Crippen molar-refractivity contribution >= 4 is 37.8 Å². The summed E-state index contributed by atoms with van der Waals surface area (Å²) in [7, 11) is -3.85.